The Hall–Kier alpha value is -2.70. The second-order valence-electron chi connectivity index (χ2n) is 8.22. The van der Waals surface area contributed by atoms with Crippen molar-refractivity contribution in [2.75, 3.05) is 25.0 Å². The first kappa shape index (κ1) is 18.3. The first-order valence-electron chi connectivity index (χ1n) is 10.2. The summed E-state index contributed by atoms with van der Waals surface area (Å²) in [6.45, 7) is 6.99. The Labute approximate surface area is 170 Å². The molecule has 1 spiro atoms. The van der Waals surface area contributed by atoms with Crippen LogP contribution in [0.25, 0.3) is 0 Å². The fourth-order valence-corrected chi connectivity index (χ4v) is 4.42. The minimum atomic E-state index is -0.0532. The van der Waals surface area contributed by atoms with Gasteiger partial charge in [0, 0.05) is 24.8 Å². The SMILES string of the molecule is Cc1ccc(CN2CC[C@]3(COCc4cnc(NCc5ccco5)nc43)C2)cc1. The van der Waals surface area contributed by atoms with E-state index < -0.39 is 0 Å². The molecule has 0 amide bonds. The molecule has 3 aromatic rings. The Morgan fingerprint density at radius 3 is 2.93 bits per heavy atom. The van der Waals surface area contributed by atoms with Gasteiger partial charge in [-0.25, -0.2) is 9.97 Å². The standard InChI is InChI=1S/C23H26N4O2/c1-17-4-6-18(7-5-17)13-27-9-8-23(15-27)16-28-14-19-11-24-22(26-21(19)23)25-12-20-3-2-10-29-20/h2-7,10-11H,8-9,12-16H2,1H3,(H,24,25,26)/t23-/m1/s1. The quantitative estimate of drug-likeness (QED) is 0.717. The fraction of sp³-hybridized carbons (Fsp3) is 0.391. The van der Waals surface area contributed by atoms with E-state index in [1.54, 1.807) is 6.26 Å². The molecule has 29 heavy (non-hydrogen) atoms. The van der Waals surface area contributed by atoms with Crippen molar-refractivity contribution >= 4 is 5.95 Å². The third kappa shape index (κ3) is 3.78. The minimum absolute atomic E-state index is 0.0532. The van der Waals surface area contributed by atoms with Gasteiger partial charge in [0.05, 0.1) is 37.1 Å². The van der Waals surface area contributed by atoms with Crippen LogP contribution in [-0.4, -0.2) is 34.6 Å². The van der Waals surface area contributed by atoms with E-state index >= 15 is 0 Å². The lowest BCUT2D eigenvalue weighted by Gasteiger charge is -2.34. The maximum Gasteiger partial charge on any atom is 0.223 e. The summed E-state index contributed by atoms with van der Waals surface area (Å²) in [5.41, 5.74) is 4.85. The number of aromatic nitrogens is 2. The van der Waals surface area contributed by atoms with E-state index in [9.17, 15) is 0 Å². The van der Waals surface area contributed by atoms with Crippen molar-refractivity contribution in [1.29, 1.82) is 0 Å². The number of hydrogen-bond acceptors (Lipinski definition) is 6. The average molecular weight is 390 g/mol. The van der Waals surface area contributed by atoms with Gasteiger partial charge in [-0.15, -0.1) is 0 Å². The number of aryl methyl sites for hydroxylation is 1. The second kappa shape index (κ2) is 7.61. The molecule has 0 bridgehead atoms. The zero-order valence-corrected chi connectivity index (χ0v) is 16.7. The van der Waals surface area contributed by atoms with Crippen molar-refractivity contribution < 1.29 is 9.15 Å². The van der Waals surface area contributed by atoms with Gasteiger partial charge in [-0.3, -0.25) is 4.90 Å². The third-order valence-corrected chi connectivity index (χ3v) is 5.96. The van der Waals surface area contributed by atoms with Crippen LogP contribution in [0.3, 0.4) is 0 Å². The first-order chi connectivity index (χ1) is 14.2. The van der Waals surface area contributed by atoms with Crippen LogP contribution in [0.1, 0.15) is 34.6 Å². The first-order valence-corrected chi connectivity index (χ1v) is 10.2. The van der Waals surface area contributed by atoms with E-state index in [-0.39, 0.29) is 5.41 Å². The number of anilines is 1. The van der Waals surface area contributed by atoms with Crippen LogP contribution >= 0.6 is 0 Å². The van der Waals surface area contributed by atoms with Crippen molar-refractivity contribution in [3.05, 3.63) is 77.0 Å². The number of nitrogens with one attached hydrogen (secondary N) is 1. The van der Waals surface area contributed by atoms with Gasteiger partial charge in [0.25, 0.3) is 0 Å². The predicted molar refractivity (Wildman–Crippen MR) is 110 cm³/mol. The molecule has 6 heteroatoms. The van der Waals surface area contributed by atoms with Gasteiger partial charge in [0.1, 0.15) is 5.76 Å². The number of fused-ring (bicyclic) bond motifs is 2. The number of nitrogens with zero attached hydrogens (tertiary/aromatic N) is 3. The van der Waals surface area contributed by atoms with Gasteiger partial charge in [-0.2, -0.15) is 0 Å². The molecule has 1 atom stereocenters. The molecule has 0 unspecified atom stereocenters. The summed E-state index contributed by atoms with van der Waals surface area (Å²) in [6.07, 6.45) is 4.65. The highest BCUT2D eigenvalue weighted by atomic mass is 16.5. The maximum atomic E-state index is 5.96. The lowest BCUT2D eigenvalue weighted by atomic mass is 9.80. The molecule has 1 aromatic carbocycles. The van der Waals surface area contributed by atoms with Crippen molar-refractivity contribution in [2.24, 2.45) is 0 Å². The molecule has 6 nitrogen and oxygen atoms in total. The number of rotatable bonds is 5. The van der Waals surface area contributed by atoms with E-state index in [2.05, 4.69) is 46.4 Å². The van der Waals surface area contributed by atoms with E-state index in [1.807, 2.05) is 18.3 Å². The van der Waals surface area contributed by atoms with Crippen LogP contribution in [0.5, 0.6) is 0 Å². The Morgan fingerprint density at radius 1 is 1.21 bits per heavy atom. The van der Waals surface area contributed by atoms with Gasteiger partial charge in [-0.05, 0) is 37.6 Å². The summed E-state index contributed by atoms with van der Waals surface area (Å²) >= 11 is 0. The highest BCUT2D eigenvalue weighted by Gasteiger charge is 2.44. The Balaban J connectivity index is 1.33. The van der Waals surface area contributed by atoms with Gasteiger partial charge in [0.15, 0.2) is 0 Å². The van der Waals surface area contributed by atoms with Crippen LogP contribution in [0.2, 0.25) is 0 Å². The third-order valence-electron chi connectivity index (χ3n) is 5.96. The summed E-state index contributed by atoms with van der Waals surface area (Å²) < 4.78 is 11.4. The van der Waals surface area contributed by atoms with Crippen LogP contribution in [0, 0.1) is 6.92 Å². The summed E-state index contributed by atoms with van der Waals surface area (Å²) in [5.74, 6) is 1.52. The zero-order valence-electron chi connectivity index (χ0n) is 16.7. The van der Waals surface area contributed by atoms with Crippen molar-refractivity contribution in [1.82, 2.24) is 14.9 Å². The minimum Gasteiger partial charge on any atom is -0.467 e. The lowest BCUT2D eigenvalue weighted by Crippen LogP contribution is -2.40. The number of ether oxygens (including phenoxy) is 1. The monoisotopic (exact) mass is 390 g/mol. The molecule has 1 fully saturated rings. The molecular weight excluding hydrogens is 364 g/mol. The number of benzene rings is 1. The molecule has 0 saturated carbocycles. The maximum absolute atomic E-state index is 5.96. The lowest BCUT2D eigenvalue weighted by molar-refractivity contribution is 0.0503. The Bertz CT molecular complexity index is 971. The smallest absolute Gasteiger partial charge is 0.223 e. The summed E-state index contributed by atoms with van der Waals surface area (Å²) in [6, 6.07) is 12.7. The van der Waals surface area contributed by atoms with E-state index in [1.165, 1.54) is 11.1 Å². The van der Waals surface area contributed by atoms with Gasteiger partial charge < -0.3 is 14.5 Å². The van der Waals surface area contributed by atoms with Crippen LogP contribution < -0.4 is 5.32 Å². The van der Waals surface area contributed by atoms with Gasteiger partial charge >= 0.3 is 0 Å². The molecule has 2 aliphatic rings. The van der Waals surface area contributed by atoms with E-state index in [0.29, 0.717) is 19.1 Å². The largest absolute Gasteiger partial charge is 0.467 e. The molecule has 1 N–H and O–H groups in total. The van der Waals surface area contributed by atoms with Crippen molar-refractivity contribution in [2.45, 2.75) is 38.5 Å². The average Bonchev–Trinajstić information content (AvgIpc) is 3.40. The summed E-state index contributed by atoms with van der Waals surface area (Å²) in [4.78, 5) is 11.9. The van der Waals surface area contributed by atoms with Crippen molar-refractivity contribution in [3.63, 3.8) is 0 Å². The fourth-order valence-electron chi connectivity index (χ4n) is 4.42. The van der Waals surface area contributed by atoms with Crippen LogP contribution in [-0.2, 0) is 29.8 Å². The number of hydrogen-bond donors (Lipinski definition) is 1. The Morgan fingerprint density at radius 2 is 2.10 bits per heavy atom. The summed E-state index contributed by atoms with van der Waals surface area (Å²) in [5, 5.41) is 3.29. The van der Waals surface area contributed by atoms with E-state index in [0.717, 1.165) is 49.7 Å². The molecule has 2 aliphatic heterocycles. The normalized spacial score (nSPS) is 21.4. The zero-order chi connectivity index (χ0) is 19.7. The van der Waals surface area contributed by atoms with Crippen LogP contribution in [0.4, 0.5) is 5.95 Å². The topological polar surface area (TPSA) is 63.4 Å². The second-order valence-corrected chi connectivity index (χ2v) is 8.22. The number of likely N-dealkylation sites (tertiary alicyclic amines) is 1. The Kier molecular flexibility index (Phi) is 4.81. The molecular formula is C23H26N4O2. The molecule has 0 aliphatic carbocycles. The van der Waals surface area contributed by atoms with Crippen LogP contribution in [0.15, 0.2) is 53.3 Å². The summed E-state index contributed by atoms with van der Waals surface area (Å²) in [7, 11) is 0. The van der Waals surface area contributed by atoms with E-state index in [4.69, 9.17) is 14.1 Å². The van der Waals surface area contributed by atoms with Crippen molar-refractivity contribution in [3.8, 4) is 0 Å². The molecule has 1 saturated heterocycles. The molecule has 2 aromatic heterocycles. The molecule has 4 heterocycles. The highest BCUT2D eigenvalue weighted by molar-refractivity contribution is 5.37. The predicted octanol–water partition coefficient (Wildman–Crippen LogP) is 3.66. The van der Waals surface area contributed by atoms with Gasteiger partial charge in [-0.1, -0.05) is 29.8 Å². The molecule has 5 rings (SSSR count). The molecule has 0 radical (unpaired) electrons. The van der Waals surface area contributed by atoms with Gasteiger partial charge in [0.2, 0.25) is 5.95 Å². The molecule has 150 valence electrons. The highest BCUT2D eigenvalue weighted by Crippen LogP contribution is 2.39. The number of furan rings is 1.